The summed E-state index contributed by atoms with van der Waals surface area (Å²) < 4.78 is 24.9. The van der Waals surface area contributed by atoms with Gasteiger partial charge in [0.2, 0.25) is 0 Å². The van der Waals surface area contributed by atoms with Crippen molar-refractivity contribution in [3.63, 3.8) is 0 Å². The minimum absolute atomic E-state index is 0.0800. The van der Waals surface area contributed by atoms with Crippen molar-refractivity contribution in [1.29, 1.82) is 0 Å². The first kappa shape index (κ1) is 10.3. The SMILES string of the molecule is O=S(=O)(c1ccccc1)C1C2CCCC1C2. The van der Waals surface area contributed by atoms with Gasteiger partial charge in [-0.2, -0.15) is 0 Å². The van der Waals surface area contributed by atoms with Gasteiger partial charge in [0, 0.05) is 0 Å². The highest BCUT2D eigenvalue weighted by molar-refractivity contribution is 7.92. The van der Waals surface area contributed by atoms with E-state index < -0.39 is 9.84 Å². The van der Waals surface area contributed by atoms with Crippen LogP contribution in [0.4, 0.5) is 0 Å². The number of hydrogen-bond acceptors (Lipinski definition) is 2. The fourth-order valence-electron chi connectivity index (χ4n) is 3.33. The maximum absolute atomic E-state index is 12.4. The molecule has 0 saturated heterocycles. The Morgan fingerprint density at radius 2 is 1.62 bits per heavy atom. The summed E-state index contributed by atoms with van der Waals surface area (Å²) in [6.45, 7) is 0. The molecule has 0 N–H and O–H groups in total. The lowest BCUT2D eigenvalue weighted by Crippen LogP contribution is -2.50. The lowest BCUT2D eigenvalue weighted by Gasteiger charge is -2.48. The van der Waals surface area contributed by atoms with Crippen LogP contribution in [0.15, 0.2) is 35.2 Å². The van der Waals surface area contributed by atoms with E-state index in [1.165, 1.54) is 6.42 Å². The molecule has 2 unspecified atom stereocenters. The highest BCUT2D eigenvalue weighted by Crippen LogP contribution is 2.50. The number of fused-ring (bicyclic) bond motifs is 2. The molecule has 2 aliphatic carbocycles. The number of sulfone groups is 1. The first-order valence-electron chi connectivity index (χ1n) is 5.98. The Hall–Kier alpha value is -0.830. The van der Waals surface area contributed by atoms with Crippen LogP contribution in [0.5, 0.6) is 0 Å². The summed E-state index contributed by atoms with van der Waals surface area (Å²) in [5.41, 5.74) is 0. The molecule has 2 fully saturated rings. The molecule has 0 heterocycles. The van der Waals surface area contributed by atoms with Gasteiger partial charge in [-0.15, -0.1) is 0 Å². The van der Waals surface area contributed by atoms with Gasteiger partial charge in [0.1, 0.15) is 0 Å². The Kier molecular flexibility index (Phi) is 2.32. The summed E-state index contributed by atoms with van der Waals surface area (Å²) in [6.07, 6.45) is 4.56. The van der Waals surface area contributed by atoms with E-state index in [1.54, 1.807) is 24.3 Å². The second-order valence-electron chi connectivity index (χ2n) is 5.01. The van der Waals surface area contributed by atoms with E-state index in [2.05, 4.69) is 0 Å². The lowest BCUT2D eigenvalue weighted by molar-refractivity contribution is 0.121. The molecule has 3 heteroatoms. The van der Waals surface area contributed by atoms with Crippen molar-refractivity contribution in [2.45, 2.75) is 35.8 Å². The Morgan fingerprint density at radius 3 is 2.19 bits per heavy atom. The topological polar surface area (TPSA) is 34.1 Å². The van der Waals surface area contributed by atoms with E-state index in [4.69, 9.17) is 0 Å². The van der Waals surface area contributed by atoms with Gasteiger partial charge in [0.15, 0.2) is 9.84 Å². The van der Waals surface area contributed by atoms with Crippen molar-refractivity contribution in [1.82, 2.24) is 0 Å². The van der Waals surface area contributed by atoms with Gasteiger partial charge in [0.25, 0.3) is 0 Å². The Balaban J connectivity index is 1.95. The Morgan fingerprint density at radius 1 is 1.00 bits per heavy atom. The van der Waals surface area contributed by atoms with Crippen LogP contribution in [0.25, 0.3) is 0 Å². The van der Waals surface area contributed by atoms with Crippen molar-refractivity contribution in [2.24, 2.45) is 11.8 Å². The monoisotopic (exact) mass is 236 g/mol. The van der Waals surface area contributed by atoms with Gasteiger partial charge in [-0.25, -0.2) is 8.42 Å². The molecule has 86 valence electrons. The third kappa shape index (κ3) is 1.41. The van der Waals surface area contributed by atoms with Crippen LogP contribution in [0, 0.1) is 11.8 Å². The third-order valence-electron chi connectivity index (χ3n) is 4.11. The average molecular weight is 236 g/mol. The number of hydrogen-bond donors (Lipinski definition) is 0. The van der Waals surface area contributed by atoms with Crippen molar-refractivity contribution in [2.75, 3.05) is 0 Å². The van der Waals surface area contributed by atoms with Gasteiger partial charge < -0.3 is 0 Å². The number of benzene rings is 1. The normalized spacial score (nSPS) is 33.1. The van der Waals surface area contributed by atoms with Gasteiger partial charge in [-0.3, -0.25) is 0 Å². The number of rotatable bonds is 2. The molecule has 2 atom stereocenters. The van der Waals surface area contributed by atoms with Crippen molar-refractivity contribution in [3.05, 3.63) is 30.3 Å². The van der Waals surface area contributed by atoms with E-state index in [9.17, 15) is 8.42 Å². The molecule has 0 radical (unpaired) electrons. The predicted octanol–water partition coefficient (Wildman–Crippen LogP) is 2.65. The smallest absolute Gasteiger partial charge is 0.181 e. The van der Waals surface area contributed by atoms with E-state index in [0.717, 1.165) is 19.3 Å². The fraction of sp³-hybridized carbons (Fsp3) is 0.538. The summed E-state index contributed by atoms with van der Waals surface area (Å²) in [7, 11) is -3.06. The highest BCUT2D eigenvalue weighted by atomic mass is 32.2. The third-order valence-corrected chi connectivity index (χ3v) is 6.53. The largest absolute Gasteiger partial charge is 0.223 e. The quantitative estimate of drug-likeness (QED) is 0.791. The van der Waals surface area contributed by atoms with Crippen LogP contribution in [0.3, 0.4) is 0 Å². The second kappa shape index (κ2) is 3.59. The first-order valence-corrected chi connectivity index (χ1v) is 7.53. The zero-order chi connectivity index (χ0) is 11.2. The van der Waals surface area contributed by atoms with Gasteiger partial charge in [-0.1, -0.05) is 24.6 Å². The van der Waals surface area contributed by atoms with Crippen LogP contribution in [0.1, 0.15) is 25.7 Å². The summed E-state index contributed by atoms with van der Waals surface area (Å²) in [4.78, 5) is 0.511. The summed E-state index contributed by atoms with van der Waals surface area (Å²) in [6, 6.07) is 8.93. The molecule has 16 heavy (non-hydrogen) atoms. The Bertz CT molecular complexity index is 464. The van der Waals surface area contributed by atoms with E-state index >= 15 is 0 Å². The van der Waals surface area contributed by atoms with Crippen molar-refractivity contribution in [3.8, 4) is 0 Å². The molecule has 0 amide bonds. The zero-order valence-corrected chi connectivity index (χ0v) is 9.99. The molecular formula is C13H16O2S. The molecule has 1 aromatic carbocycles. The lowest BCUT2D eigenvalue weighted by atomic mass is 9.65. The second-order valence-corrected chi connectivity index (χ2v) is 7.12. The van der Waals surface area contributed by atoms with E-state index in [1.807, 2.05) is 6.07 Å². The van der Waals surface area contributed by atoms with Crippen LogP contribution < -0.4 is 0 Å². The maximum atomic E-state index is 12.4. The minimum Gasteiger partial charge on any atom is -0.223 e. The molecule has 0 spiro atoms. The van der Waals surface area contributed by atoms with Gasteiger partial charge >= 0.3 is 0 Å². The predicted molar refractivity (Wildman–Crippen MR) is 62.9 cm³/mol. The van der Waals surface area contributed by atoms with Crippen molar-refractivity contribution < 1.29 is 8.42 Å². The zero-order valence-electron chi connectivity index (χ0n) is 9.17. The van der Waals surface area contributed by atoms with Crippen LogP contribution >= 0.6 is 0 Å². The van der Waals surface area contributed by atoms with E-state index in [-0.39, 0.29) is 5.25 Å². The Labute approximate surface area is 96.6 Å². The molecule has 2 aliphatic rings. The highest BCUT2D eigenvalue weighted by Gasteiger charge is 2.50. The molecule has 0 aliphatic heterocycles. The molecule has 2 saturated carbocycles. The molecule has 0 aromatic heterocycles. The van der Waals surface area contributed by atoms with Crippen molar-refractivity contribution >= 4 is 9.84 Å². The molecule has 2 bridgehead atoms. The minimum atomic E-state index is -3.06. The first-order chi connectivity index (χ1) is 7.69. The van der Waals surface area contributed by atoms with Gasteiger partial charge in [-0.05, 0) is 43.2 Å². The molecule has 1 aromatic rings. The van der Waals surface area contributed by atoms with Crippen LogP contribution in [-0.2, 0) is 9.84 Å². The van der Waals surface area contributed by atoms with Gasteiger partial charge in [0.05, 0.1) is 10.1 Å². The summed E-state index contributed by atoms with van der Waals surface area (Å²) >= 11 is 0. The molecular weight excluding hydrogens is 220 g/mol. The summed E-state index contributed by atoms with van der Waals surface area (Å²) in [5, 5.41) is -0.0800. The summed E-state index contributed by atoms with van der Waals surface area (Å²) in [5.74, 6) is 0.868. The average Bonchev–Trinajstić information content (AvgIpc) is 2.30. The fourth-order valence-corrected chi connectivity index (χ4v) is 5.69. The maximum Gasteiger partial charge on any atom is 0.181 e. The van der Waals surface area contributed by atoms with E-state index in [0.29, 0.717) is 16.7 Å². The molecule has 3 rings (SSSR count). The van der Waals surface area contributed by atoms with Crippen LogP contribution in [-0.4, -0.2) is 13.7 Å². The molecule has 2 nitrogen and oxygen atoms in total. The van der Waals surface area contributed by atoms with Crippen LogP contribution in [0.2, 0.25) is 0 Å². The standard InChI is InChI=1S/C13H16O2S/c14-16(15,12-7-2-1-3-8-12)13-10-5-4-6-11(13)9-10/h1-3,7-8,10-11,13H,4-6,9H2.